The summed E-state index contributed by atoms with van der Waals surface area (Å²) in [7, 11) is 0. The van der Waals surface area contributed by atoms with Gasteiger partial charge in [0, 0.05) is 31.7 Å². The van der Waals surface area contributed by atoms with Crippen LogP contribution in [-0.2, 0) is 11.3 Å². The fourth-order valence-corrected chi connectivity index (χ4v) is 2.41. The molecule has 1 aromatic rings. The second-order valence-electron chi connectivity index (χ2n) is 5.21. The van der Waals surface area contributed by atoms with E-state index in [0.717, 1.165) is 12.1 Å². The predicted molar refractivity (Wildman–Crippen MR) is 79.1 cm³/mol. The van der Waals surface area contributed by atoms with Gasteiger partial charge in [-0.2, -0.15) is 0 Å². The molecule has 2 unspecified atom stereocenters. The highest BCUT2D eigenvalue weighted by Crippen LogP contribution is 2.17. The molecule has 1 heterocycles. The van der Waals surface area contributed by atoms with Gasteiger partial charge in [-0.05, 0) is 6.07 Å². The molecule has 0 aromatic heterocycles. The summed E-state index contributed by atoms with van der Waals surface area (Å²) in [6.07, 6.45) is -0.752. The van der Waals surface area contributed by atoms with Crippen molar-refractivity contribution in [3.8, 4) is 5.75 Å². The van der Waals surface area contributed by atoms with Crippen LogP contribution >= 0.6 is 0 Å². The van der Waals surface area contributed by atoms with Crippen LogP contribution < -0.4 is 10.5 Å². The number of nitrogens with two attached hydrogens (primary N) is 1. The van der Waals surface area contributed by atoms with Crippen molar-refractivity contribution in [2.24, 2.45) is 5.73 Å². The fraction of sp³-hybridized carbons (Fsp3) is 0.600. The molecule has 1 aromatic carbocycles. The van der Waals surface area contributed by atoms with Gasteiger partial charge in [0.2, 0.25) is 0 Å². The quantitative estimate of drug-likeness (QED) is 0.633. The van der Waals surface area contributed by atoms with Gasteiger partial charge >= 0.3 is 0 Å². The first-order valence-corrected chi connectivity index (χ1v) is 7.26. The molecule has 0 aliphatic carbocycles. The van der Waals surface area contributed by atoms with Gasteiger partial charge in [0.1, 0.15) is 18.5 Å². The number of ether oxygens (including phenoxy) is 2. The molecule has 0 amide bonds. The van der Waals surface area contributed by atoms with Crippen molar-refractivity contribution in [3.63, 3.8) is 0 Å². The third-order valence-electron chi connectivity index (χ3n) is 3.52. The molecule has 118 valence electrons. The number of aliphatic hydroxyl groups excluding tert-OH is 2. The van der Waals surface area contributed by atoms with Crippen molar-refractivity contribution in [1.82, 2.24) is 4.90 Å². The van der Waals surface area contributed by atoms with Crippen LogP contribution in [0.3, 0.4) is 0 Å². The molecule has 0 saturated carbocycles. The number of para-hydroxylation sites is 1. The predicted octanol–water partition coefficient (Wildman–Crippen LogP) is -0.422. The zero-order valence-electron chi connectivity index (χ0n) is 12.1. The van der Waals surface area contributed by atoms with Crippen molar-refractivity contribution >= 4 is 0 Å². The minimum atomic E-state index is -0.590. The largest absolute Gasteiger partial charge is 0.491 e. The molecule has 21 heavy (non-hydrogen) atoms. The molecule has 2 atom stereocenters. The average molecular weight is 296 g/mol. The monoisotopic (exact) mass is 296 g/mol. The highest BCUT2D eigenvalue weighted by Gasteiger charge is 2.21. The number of aliphatic hydroxyl groups is 2. The first kappa shape index (κ1) is 16.2. The summed E-state index contributed by atoms with van der Waals surface area (Å²) in [4.78, 5) is 2.08. The van der Waals surface area contributed by atoms with Crippen molar-refractivity contribution < 1.29 is 19.7 Å². The Bertz CT molecular complexity index is 430. The van der Waals surface area contributed by atoms with E-state index in [9.17, 15) is 5.11 Å². The normalized spacial score (nSPS) is 21.2. The molecule has 6 heteroatoms. The summed E-state index contributed by atoms with van der Waals surface area (Å²) >= 11 is 0. The summed E-state index contributed by atoms with van der Waals surface area (Å²) in [5, 5.41) is 19.2. The number of rotatable bonds is 7. The molecular weight excluding hydrogens is 272 g/mol. The van der Waals surface area contributed by atoms with E-state index in [4.69, 9.17) is 20.3 Å². The maximum Gasteiger partial charge on any atom is 0.123 e. The lowest BCUT2D eigenvalue weighted by Crippen LogP contribution is -2.47. The Kier molecular flexibility index (Phi) is 6.41. The summed E-state index contributed by atoms with van der Waals surface area (Å²) in [5.41, 5.74) is 6.58. The smallest absolute Gasteiger partial charge is 0.123 e. The van der Waals surface area contributed by atoms with E-state index in [1.807, 2.05) is 24.3 Å². The lowest BCUT2D eigenvalue weighted by molar-refractivity contribution is -0.0641. The zero-order chi connectivity index (χ0) is 15.1. The topological polar surface area (TPSA) is 88.2 Å². The molecule has 1 saturated heterocycles. The van der Waals surface area contributed by atoms with Crippen LogP contribution in [0.15, 0.2) is 24.3 Å². The molecule has 0 bridgehead atoms. The number of benzene rings is 1. The minimum absolute atomic E-state index is 0.00692. The van der Waals surface area contributed by atoms with Gasteiger partial charge in [-0.15, -0.1) is 0 Å². The van der Waals surface area contributed by atoms with Crippen LogP contribution in [0, 0.1) is 0 Å². The van der Waals surface area contributed by atoms with Crippen LogP contribution in [0.1, 0.15) is 5.56 Å². The Morgan fingerprint density at radius 1 is 1.43 bits per heavy atom. The van der Waals surface area contributed by atoms with Gasteiger partial charge in [-0.25, -0.2) is 0 Å². The summed E-state index contributed by atoms with van der Waals surface area (Å²) in [6.45, 7) is 3.11. The Morgan fingerprint density at radius 3 is 3.00 bits per heavy atom. The van der Waals surface area contributed by atoms with E-state index in [1.165, 1.54) is 0 Å². The molecular formula is C15H24N2O4. The Morgan fingerprint density at radius 2 is 2.24 bits per heavy atom. The molecule has 2 rings (SSSR count). The van der Waals surface area contributed by atoms with Gasteiger partial charge in [-0.3, -0.25) is 4.90 Å². The highest BCUT2D eigenvalue weighted by atomic mass is 16.5. The number of morpholine rings is 1. The van der Waals surface area contributed by atoms with Crippen molar-refractivity contribution in [3.05, 3.63) is 29.8 Å². The maximum absolute atomic E-state index is 10.1. The number of β-amino-alcohol motifs (C(OH)–C–C–N with tert-alkyl or cyclic N) is 1. The summed E-state index contributed by atoms with van der Waals surface area (Å²) in [6, 6.07) is 7.56. The van der Waals surface area contributed by atoms with E-state index in [0.29, 0.717) is 32.0 Å². The van der Waals surface area contributed by atoms with E-state index >= 15 is 0 Å². The third-order valence-corrected chi connectivity index (χ3v) is 3.52. The first-order chi connectivity index (χ1) is 10.2. The Labute approximate surface area is 125 Å². The SMILES string of the molecule is NCc1ccccc1OCC(O)CN1CCOC(CO)C1. The molecule has 4 N–H and O–H groups in total. The Hall–Kier alpha value is -1.18. The van der Waals surface area contributed by atoms with Gasteiger partial charge < -0.3 is 25.4 Å². The average Bonchev–Trinajstić information content (AvgIpc) is 2.53. The van der Waals surface area contributed by atoms with Crippen molar-refractivity contribution in [2.75, 3.05) is 39.5 Å². The number of nitrogens with zero attached hydrogens (tertiary/aromatic N) is 1. The molecule has 0 radical (unpaired) electrons. The van der Waals surface area contributed by atoms with Crippen molar-refractivity contribution in [1.29, 1.82) is 0 Å². The van der Waals surface area contributed by atoms with Gasteiger partial charge in [0.25, 0.3) is 0 Å². The van der Waals surface area contributed by atoms with Crippen LogP contribution in [0.25, 0.3) is 0 Å². The van der Waals surface area contributed by atoms with Gasteiger partial charge in [-0.1, -0.05) is 18.2 Å². The minimum Gasteiger partial charge on any atom is -0.491 e. The van der Waals surface area contributed by atoms with Crippen LogP contribution in [0.2, 0.25) is 0 Å². The summed E-state index contributed by atoms with van der Waals surface area (Å²) in [5.74, 6) is 0.717. The van der Waals surface area contributed by atoms with E-state index in [1.54, 1.807) is 0 Å². The third kappa shape index (κ3) is 4.94. The molecule has 1 aliphatic rings. The fourth-order valence-electron chi connectivity index (χ4n) is 2.41. The van der Waals surface area contributed by atoms with Crippen LogP contribution in [0.4, 0.5) is 0 Å². The van der Waals surface area contributed by atoms with E-state index in [-0.39, 0.29) is 19.3 Å². The molecule has 0 spiro atoms. The van der Waals surface area contributed by atoms with Gasteiger partial charge in [0.05, 0.1) is 19.3 Å². The summed E-state index contributed by atoms with van der Waals surface area (Å²) < 4.78 is 11.0. The number of hydrogen-bond acceptors (Lipinski definition) is 6. The van der Waals surface area contributed by atoms with Gasteiger partial charge in [0.15, 0.2) is 0 Å². The highest BCUT2D eigenvalue weighted by molar-refractivity contribution is 5.32. The maximum atomic E-state index is 10.1. The van der Waals surface area contributed by atoms with Crippen LogP contribution in [-0.4, -0.2) is 66.8 Å². The Balaban J connectivity index is 1.78. The molecule has 1 fully saturated rings. The van der Waals surface area contributed by atoms with Crippen LogP contribution in [0.5, 0.6) is 5.75 Å². The second-order valence-corrected chi connectivity index (χ2v) is 5.21. The zero-order valence-corrected chi connectivity index (χ0v) is 12.1. The standard InChI is InChI=1S/C15H24N2O4/c16-7-12-3-1-2-4-15(12)21-11-13(19)8-17-5-6-20-14(9-17)10-18/h1-4,13-14,18-19H,5-11,16H2. The van der Waals surface area contributed by atoms with E-state index in [2.05, 4.69) is 4.90 Å². The lowest BCUT2D eigenvalue weighted by Gasteiger charge is -2.33. The first-order valence-electron chi connectivity index (χ1n) is 7.26. The molecule has 1 aliphatic heterocycles. The van der Waals surface area contributed by atoms with E-state index < -0.39 is 6.10 Å². The number of hydrogen-bond donors (Lipinski definition) is 3. The molecule has 6 nitrogen and oxygen atoms in total. The second kappa shape index (κ2) is 8.31. The van der Waals surface area contributed by atoms with Crippen molar-refractivity contribution in [2.45, 2.75) is 18.8 Å². The lowest BCUT2D eigenvalue weighted by atomic mass is 10.2.